The Kier molecular flexibility index (Phi) is 5.56. The molecule has 1 aromatic carbocycles. The van der Waals surface area contributed by atoms with Gasteiger partial charge in [0.15, 0.2) is 0 Å². The molecule has 1 heterocycles. The normalized spacial score (nSPS) is 18.6. The number of aliphatic carboxylic acids is 1. The zero-order valence-electron chi connectivity index (χ0n) is 13.1. The van der Waals surface area contributed by atoms with Crippen LogP contribution in [-0.4, -0.2) is 59.1 Å². The van der Waals surface area contributed by atoms with Crippen molar-refractivity contribution in [2.24, 2.45) is 0 Å². The van der Waals surface area contributed by atoms with Crippen molar-refractivity contribution in [1.29, 1.82) is 0 Å². The predicted octanol–water partition coefficient (Wildman–Crippen LogP) is 0.904. The van der Waals surface area contributed by atoms with Crippen LogP contribution in [0.2, 0.25) is 0 Å². The lowest BCUT2D eigenvalue weighted by molar-refractivity contribution is -0.137. The van der Waals surface area contributed by atoms with Crippen LogP contribution >= 0.6 is 0 Å². The van der Waals surface area contributed by atoms with Gasteiger partial charge >= 0.3 is 12.0 Å². The molecular formula is C16H21N3O4. The number of benzene rings is 1. The van der Waals surface area contributed by atoms with E-state index in [0.717, 1.165) is 5.56 Å². The number of amides is 3. The van der Waals surface area contributed by atoms with Crippen molar-refractivity contribution in [1.82, 2.24) is 15.1 Å². The van der Waals surface area contributed by atoms with Gasteiger partial charge in [0.25, 0.3) is 0 Å². The molecule has 1 aliphatic heterocycles. The van der Waals surface area contributed by atoms with E-state index < -0.39 is 12.0 Å². The number of carbonyl (C=O) groups excluding carboxylic acids is 2. The summed E-state index contributed by atoms with van der Waals surface area (Å²) in [5.41, 5.74) is 0.971. The Balaban J connectivity index is 2.02. The highest BCUT2D eigenvalue weighted by Gasteiger charge is 2.31. The fraction of sp³-hybridized carbons (Fsp3) is 0.438. The maximum Gasteiger partial charge on any atom is 0.319 e. The van der Waals surface area contributed by atoms with Crippen LogP contribution in [0.15, 0.2) is 30.3 Å². The molecule has 23 heavy (non-hydrogen) atoms. The Labute approximate surface area is 134 Å². The van der Waals surface area contributed by atoms with E-state index in [0.29, 0.717) is 19.4 Å². The molecule has 0 aliphatic carbocycles. The van der Waals surface area contributed by atoms with Gasteiger partial charge in [0, 0.05) is 26.4 Å². The lowest BCUT2D eigenvalue weighted by Gasteiger charge is -2.23. The van der Waals surface area contributed by atoms with E-state index in [1.54, 1.807) is 7.05 Å². The van der Waals surface area contributed by atoms with Crippen LogP contribution in [0.5, 0.6) is 0 Å². The molecule has 0 bridgehead atoms. The number of rotatable bonds is 6. The molecule has 1 aliphatic rings. The van der Waals surface area contributed by atoms with Gasteiger partial charge in [-0.3, -0.25) is 9.59 Å². The topological polar surface area (TPSA) is 89.9 Å². The summed E-state index contributed by atoms with van der Waals surface area (Å²) < 4.78 is 0. The molecule has 0 spiro atoms. The highest BCUT2D eigenvalue weighted by atomic mass is 16.4. The maximum atomic E-state index is 12.4. The standard InChI is InChI=1S/C16H21N3O4/c1-18-11-19(9-5-8-14(20)21)16(23)17-13(15(18)22)10-12-6-3-2-4-7-12/h2-4,6-7,13H,5,8-11H2,1H3,(H,17,23)(H,20,21)/t13-/m0/s1. The molecule has 0 radical (unpaired) electrons. The fourth-order valence-corrected chi connectivity index (χ4v) is 2.54. The number of carbonyl (C=O) groups is 3. The van der Waals surface area contributed by atoms with Crippen molar-refractivity contribution in [3.63, 3.8) is 0 Å². The van der Waals surface area contributed by atoms with Gasteiger partial charge in [0.05, 0.1) is 6.67 Å². The monoisotopic (exact) mass is 319 g/mol. The van der Waals surface area contributed by atoms with Gasteiger partial charge in [-0.1, -0.05) is 30.3 Å². The maximum absolute atomic E-state index is 12.4. The first-order chi connectivity index (χ1) is 11.0. The highest BCUT2D eigenvalue weighted by molar-refractivity contribution is 5.89. The van der Waals surface area contributed by atoms with E-state index in [2.05, 4.69) is 5.32 Å². The Morgan fingerprint density at radius 3 is 2.65 bits per heavy atom. The summed E-state index contributed by atoms with van der Waals surface area (Å²) in [7, 11) is 1.64. The van der Waals surface area contributed by atoms with Gasteiger partial charge in [-0.05, 0) is 12.0 Å². The lowest BCUT2D eigenvalue weighted by Crippen LogP contribution is -2.45. The molecule has 3 amide bonds. The third-order valence-electron chi connectivity index (χ3n) is 3.74. The van der Waals surface area contributed by atoms with Gasteiger partial charge in [0.2, 0.25) is 5.91 Å². The first-order valence-corrected chi connectivity index (χ1v) is 7.53. The van der Waals surface area contributed by atoms with Crippen LogP contribution in [0.4, 0.5) is 4.79 Å². The average molecular weight is 319 g/mol. The van der Waals surface area contributed by atoms with Crippen molar-refractivity contribution in [3.8, 4) is 0 Å². The number of nitrogens with one attached hydrogen (secondary N) is 1. The molecule has 2 rings (SSSR count). The number of carboxylic acid groups (broad SMARTS) is 1. The first kappa shape index (κ1) is 16.8. The number of nitrogens with zero attached hydrogens (tertiary/aromatic N) is 2. The van der Waals surface area contributed by atoms with Crippen LogP contribution in [0, 0.1) is 0 Å². The fourth-order valence-electron chi connectivity index (χ4n) is 2.54. The molecule has 7 heteroatoms. The molecule has 1 fully saturated rings. The zero-order chi connectivity index (χ0) is 16.8. The smallest absolute Gasteiger partial charge is 0.319 e. The zero-order valence-corrected chi connectivity index (χ0v) is 13.1. The van der Waals surface area contributed by atoms with Crippen LogP contribution < -0.4 is 5.32 Å². The second-order valence-electron chi connectivity index (χ2n) is 5.63. The molecule has 2 N–H and O–H groups in total. The van der Waals surface area contributed by atoms with Gasteiger partial charge < -0.3 is 20.2 Å². The number of urea groups is 1. The Bertz CT molecular complexity index is 576. The average Bonchev–Trinajstić information content (AvgIpc) is 2.61. The summed E-state index contributed by atoms with van der Waals surface area (Å²) in [6, 6.07) is 8.55. The van der Waals surface area contributed by atoms with Crippen molar-refractivity contribution in [2.75, 3.05) is 20.3 Å². The van der Waals surface area contributed by atoms with Crippen molar-refractivity contribution < 1.29 is 19.5 Å². The quantitative estimate of drug-likeness (QED) is 0.815. The molecule has 7 nitrogen and oxygen atoms in total. The summed E-state index contributed by atoms with van der Waals surface area (Å²) in [6.45, 7) is 0.462. The summed E-state index contributed by atoms with van der Waals surface area (Å²) in [4.78, 5) is 38.2. The van der Waals surface area contributed by atoms with Gasteiger partial charge in [-0.15, -0.1) is 0 Å². The molecular weight excluding hydrogens is 298 g/mol. The molecule has 1 atom stereocenters. The third kappa shape index (κ3) is 4.70. The SMILES string of the molecule is CN1CN(CCCC(=O)O)C(=O)N[C@@H](Cc2ccccc2)C1=O. The number of carboxylic acids is 1. The molecule has 1 saturated heterocycles. The summed E-state index contributed by atoms with van der Waals surface area (Å²) in [5, 5.41) is 11.4. The third-order valence-corrected chi connectivity index (χ3v) is 3.74. The molecule has 0 aromatic heterocycles. The molecule has 1 aromatic rings. The Morgan fingerprint density at radius 1 is 1.30 bits per heavy atom. The van der Waals surface area contributed by atoms with Gasteiger partial charge in [0.1, 0.15) is 6.04 Å². The van der Waals surface area contributed by atoms with E-state index in [1.807, 2.05) is 30.3 Å². The number of hydrogen-bond donors (Lipinski definition) is 2. The van der Waals surface area contributed by atoms with Crippen molar-refractivity contribution >= 4 is 17.9 Å². The minimum Gasteiger partial charge on any atom is -0.481 e. The minimum absolute atomic E-state index is 0.00507. The second kappa shape index (κ2) is 7.62. The van der Waals surface area contributed by atoms with Crippen LogP contribution in [-0.2, 0) is 16.0 Å². The highest BCUT2D eigenvalue weighted by Crippen LogP contribution is 2.10. The predicted molar refractivity (Wildman–Crippen MR) is 83.7 cm³/mol. The Morgan fingerprint density at radius 2 is 2.00 bits per heavy atom. The van der Waals surface area contributed by atoms with E-state index >= 15 is 0 Å². The minimum atomic E-state index is -0.897. The van der Waals surface area contributed by atoms with Gasteiger partial charge in [-0.2, -0.15) is 0 Å². The largest absolute Gasteiger partial charge is 0.481 e. The Hall–Kier alpha value is -2.57. The van der Waals surface area contributed by atoms with Crippen molar-refractivity contribution in [3.05, 3.63) is 35.9 Å². The summed E-state index contributed by atoms with van der Waals surface area (Å²) >= 11 is 0. The summed E-state index contributed by atoms with van der Waals surface area (Å²) in [5.74, 6) is -1.05. The van der Waals surface area contributed by atoms with E-state index in [9.17, 15) is 14.4 Å². The van der Waals surface area contributed by atoms with Crippen molar-refractivity contribution in [2.45, 2.75) is 25.3 Å². The van der Waals surface area contributed by atoms with Crippen LogP contribution in [0.1, 0.15) is 18.4 Å². The van der Waals surface area contributed by atoms with Gasteiger partial charge in [-0.25, -0.2) is 4.79 Å². The van der Waals surface area contributed by atoms with E-state index in [-0.39, 0.29) is 25.0 Å². The number of likely N-dealkylation sites (N-methyl/N-ethyl adjacent to an activating group) is 1. The molecule has 0 saturated carbocycles. The second-order valence-corrected chi connectivity index (χ2v) is 5.63. The van der Waals surface area contributed by atoms with Crippen LogP contribution in [0.25, 0.3) is 0 Å². The van der Waals surface area contributed by atoms with E-state index in [4.69, 9.17) is 5.11 Å². The lowest BCUT2D eigenvalue weighted by atomic mass is 10.1. The first-order valence-electron chi connectivity index (χ1n) is 7.53. The molecule has 124 valence electrons. The summed E-state index contributed by atoms with van der Waals surface area (Å²) in [6.07, 6.45) is 0.780. The van der Waals surface area contributed by atoms with E-state index in [1.165, 1.54) is 9.80 Å². The van der Waals surface area contributed by atoms with Crippen LogP contribution in [0.3, 0.4) is 0 Å². The number of hydrogen-bond acceptors (Lipinski definition) is 3. The molecule has 0 unspecified atom stereocenters.